The summed E-state index contributed by atoms with van der Waals surface area (Å²) >= 11 is 4.24. The molecule has 0 bridgehead atoms. The van der Waals surface area contributed by atoms with Gasteiger partial charge in [0.25, 0.3) is 6.43 Å². The van der Waals surface area contributed by atoms with Crippen molar-refractivity contribution in [2.75, 3.05) is 24.6 Å². The molecule has 8 heteroatoms. The average molecular weight is 288 g/mol. The number of rotatable bonds is 5. The van der Waals surface area contributed by atoms with Crippen molar-refractivity contribution in [1.82, 2.24) is 10.2 Å². The highest BCUT2D eigenvalue weighted by Gasteiger charge is 2.15. The van der Waals surface area contributed by atoms with E-state index >= 15 is 0 Å². The fourth-order valence-corrected chi connectivity index (χ4v) is 2.00. The number of hydrogen-bond acceptors (Lipinski definition) is 5. The van der Waals surface area contributed by atoms with Crippen molar-refractivity contribution >= 4 is 32.4 Å². The van der Waals surface area contributed by atoms with E-state index in [4.69, 9.17) is 5.11 Å². The molecule has 0 aromatic carbocycles. The fourth-order valence-electron chi connectivity index (χ4n) is 0.878. The summed E-state index contributed by atoms with van der Waals surface area (Å²) in [5.74, 6) is 0. The monoisotopic (exact) mass is 287 g/mol. The number of halogens is 3. The summed E-state index contributed by atoms with van der Waals surface area (Å²) in [4.78, 5) is 1.30. The van der Waals surface area contributed by atoms with Crippen molar-refractivity contribution in [1.29, 1.82) is 0 Å². The number of alkyl halides is 2. The first kappa shape index (κ1) is 11.7. The minimum absolute atomic E-state index is 0.131. The maximum Gasteiger partial charge on any atom is 0.255 e. The molecule has 0 radical (unpaired) electrons. The normalized spacial score (nSPS) is 10.9. The first-order chi connectivity index (χ1) is 6.63. The van der Waals surface area contributed by atoms with E-state index in [2.05, 4.69) is 26.1 Å². The van der Waals surface area contributed by atoms with Crippen LogP contribution in [0, 0.1) is 0 Å². The molecule has 0 saturated carbocycles. The highest BCUT2D eigenvalue weighted by Crippen LogP contribution is 2.24. The van der Waals surface area contributed by atoms with Crippen molar-refractivity contribution in [2.24, 2.45) is 0 Å². The summed E-state index contributed by atoms with van der Waals surface area (Å²) in [7, 11) is 0. The molecule has 1 aromatic rings. The molecule has 80 valence electrons. The molecule has 0 fully saturated rings. The molecule has 14 heavy (non-hydrogen) atoms. The molecule has 1 N–H and O–H groups in total. The Bertz CT molecular complexity index is 286. The van der Waals surface area contributed by atoms with Crippen molar-refractivity contribution in [3.8, 4) is 0 Å². The lowest BCUT2D eigenvalue weighted by molar-refractivity contribution is 0.152. The van der Waals surface area contributed by atoms with Gasteiger partial charge in [0.1, 0.15) is 0 Å². The standard InChI is InChI=1S/C6H8BrF2N3OS/c7-5-10-11-6(14-5)12(1-2-13)3-4(8)9/h4,13H,1-3H2. The molecule has 1 rings (SSSR count). The van der Waals surface area contributed by atoms with Crippen LogP contribution in [-0.4, -0.2) is 41.4 Å². The third-order valence-corrected chi connectivity index (χ3v) is 2.81. The summed E-state index contributed by atoms with van der Waals surface area (Å²) in [5, 5.41) is 16.4. The van der Waals surface area contributed by atoms with E-state index in [1.54, 1.807) is 0 Å². The number of aliphatic hydroxyl groups is 1. The molecule has 0 spiro atoms. The summed E-state index contributed by atoms with van der Waals surface area (Å²) in [6.45, 7) is -0.502. The van der Waals surface area contributed by atoms with E-state index in [1.165, 1.54) is 4.90 Å². The predicted molar refractivity (Wildman–Crippen MR) is 52.9 cm³/mol. The molecule has 1 heterocycles. The molecule has 0 saturated heterocycles. The quantitative estimate of drug-likeness (QED) is 0.889. The second-order valence-electron chi connectivity index (χ2n) is 2.40. The molecule has 0 aliphatic rings. The van der Waals surface area contributed by atoms with Gasteiger partial charge in [-0.1, -0.05) is 11.3 Å². The topological polar surface area (TPSA) is 49.2 Å². The Morgan fingerprint density at radius 3 is 2.64 bits per heavy atom. The van der Waals surface area contributed by atoms with Crippen LogP contribution in [0.2, 0.25) is 0 Å². The Morgan fingerprint density at radius 1 is 1.50 bits per heavy atom. The van der Waals surface area contributed by atoms with Gasteiger partial charge in [-0.25, -0.2) is 8.78 Å². The minimum Gasteiger partial charge on any atom is -0.395 e. The Balaban J connectivity index is 2.66. The molecule has 1 aromatic heterocycles. The van der Waals surface area contributed by atoms with E-state index in [-0.39, 0.29) is 13.2 Å². The van der Waals surface area contributed by atoms with Gasteiger partial charge in [-0.15, -0.1) is 10.2 Å². The second-order valence-corrected chi connectivity index (χ2v) is 4.63. The van der Waals surface area contributed by atoms with Crippen LogP contribution in [0.25, 0.3) is 0 Å². The number of aromatic nitrogens is 2. The smallest absolute Gasteiger partial charge is 0.255 e. The Labute approximate surface area is 91.7 Å². The molecule has 0 aliphatic heterocycles. The zero-order chi connectivity index (χ0) is 10.6. The molecule has 0 amide bonds. The SMILES string of the molecule is OCCN(CC(F)F)c1nnc(Br)s1. The zero-order valence-electron chi connectivity index (χ0n) is 7.03. The Morgan fingerprint density at radius 2 is 2.21 bits per heavy atom. The molecule has 0 atom stereocenters. The van der Waals surface area contributed by atoms with Crippen molar-refractivity contribution < 1.29 is 13.9 Å². The zero-order valence-corrected chi connectivity index (χ0v) is 9.43. The Hall–Kier alpha value is -0.340. The maximum atomic E-state index is 12.1. The van der Waals surface area contributed by atoms with Gasteiger partial charge >= 0.3 is 0 Å². The first-order valence-electron chi connectivity index (χ1n) is 3.76. The number of nitrogens with zero attached hydrogens (tertiary/aromatic N) is 3. The molecule has 4 nitrogen and oxygen atoms in total. The fraction of sp³-hybridized carbons (Fsp3) is 0.667. The average Bonchev–Trinajstić information content (AvgIpc) is 2.50. The molecule has 0 aliphatic carbocycles. The highest BCUT2D eigenvalue weighted by atomic mass is 79.9. The largest absolute Gasteiger partial charge is 0.395 e. The molecular weight excluding hydrogens is 280 g/mol. The lowest BCUT2D eigenvalue weighted by Gasteiger charge is -2.18. The van der Waals surface area contributed by atoms with Crippen LogP contribution < -0.4 is 4.90 Å². The van der Waals surface area contributed by atoms with Crippen LogP contribution >= 0.6 is 27.3 Å². The third kappa shape index (κ3) is 3.43. The van der Waals surface area contributed by atoms with Crippen molar-refractivity contribution in [3.63, 3.8) is 0 Å². The summed E-state index contributed by atoms with van der Waals surface area (Å²) in [6, 6.07) is 0. The van der Waals surface area contributed by atoms with Gasteiger partial charge in [0, 0.05) is 6.54 Å². The second kappa shape index (κ2) is 5.52. The number of anilines is 1. The lowest BCUT2D eigenvalue weighted by Crippen LogP contribution is -2.31. The maximum absolute atomic E-state index is 12.1. The van der Waals surface area contributed by atoms with Gasteiger partial charge in [-0.05, 0) is 15.9 Å². The van der Waals surface area contributed by atoms with Crippen LogP contribution in [0.3, 0.4) is 0 Å². The van der Waals surface area contributed by atoms with E-state index in [1.807, 2.05) is 0 Å². The van der Waals surface area contributed by atoms with Crippen molar-refractivity contribution in [3.05, 3.63) is 3.92 Å². The Kier molecular flexibility index (Phi) is 4.63. The predicted octanol–water partition coefficient (Wildman–Crippen LogP) is 1.36. The van der Waals surface area contributed by atoms with E-state index in [0.717, 1.165) is 11.3 Å². The van der Waals surface area contributed by atoms with Crippen LogP contribution in [0.4, 0.5) is 13.9 Å². The van der Waals surface area contributed by atoms with Crippen LogP contribution in [0.15, 0.2) is 3.92 Å². The molecule has 0 unspecified atom stereocenters. The van der Waals surface area contributed by atoms with Gasteiger partial charge in [0.15, 0.2) is 3.92 Å². The third-order valence-electron chi connectivity index (χ3n) is 1.39. The van der Waals surface area contributed by atoms with Crippen molar-refractivity contribution in [2.45, 2.75) is 6.43 Å². The summed E-state index contributed by atoms with van der Waals surface area (Å²) in [5.41, 5.74) is 0. The van der Waals surface area contributed by atoms with Crippen LogP contribution in [0.5, 0.6) is 0 Å². The first-order valence-corrected chi connectivity index (χ1v) is 5.37. The lowest BCUT2D eigenvalue weighted by atomic mass is 10.5. The van der Waals surface area contributed by atoms with E-state index < -0.39 is 13.0 Å². The summed E-state index contributed by atoms with van der Waals surface area (Å²) in [6.07, 6.45) is -2.45. The minimum atomic E-state index is -2.45. The van der Waals surface area contributed by atoms with Crippen LogP contribution in [-0.2, 0) is 0 Å². The summed E-state index contributed by atoms with van der Waals surface area (Å²) < 4.78 is 24.8. The van der Waals surface area contributed by atoms with Gasteiger partial charge in [0.05, 0.1) is 13.2 Å². The van der Waals surface area contributed by atoms with E-state index in [9.17, 15) is 8.78 Å². The number of aliphatic hydroxyl groups excluding tert-OH is 1. The molecular formula is C6H8BrF2N3OS. The van der Waals surface area contributed by atoms with E-state index in [0.29, 0.717) is 9.05 Å². The van der Waals surface area contributed by atoms with Gasteiger partial charge in [-0.2, -0.15) is 0 Å². The van der Waals surface area contributed by atoms with Gasteiger partial charge < -0.3 is 10.0 Å². The van der Waals surface area contributed by atoms with Crippen LogP contribution in [0.1, 0.15) is 0 Å². The highest BCUT2D eigenvalue weighted by molar-refractivity contribution is 9.11. The van der Waals surface area contributed by atoms with Gasteiger partial charge in [0.2, 0.25) is 5.13 Å². The number of hydrogen-bond donors (Lipinski definition) is 1. The van der Waals surface area contributed by atoms with Gasteiger partial charge in [-0.3, -0.25) is 0 Å².